The normalized spacial score (nSPS) is 14.2. The number of hydrogen-bond donors (Lipinski definition) is 0. The monoisotopic (exact) mass is 540 g/mol. The SMILES string of the molecule is COc1ccc(/C=C2\SC(=O)N(Cc3ccc([N+](=O)[O-])cc3)C2=O)cc1OC(=O)c1cccc2ccccc12. The van der Waals surface area contributed by atoms with Gasteiger partial charge < -0.3 is 9.47 Å². The first-order valence-electron chi connectivity index (χ1n) is 11.7. The van der Waals surface area contributed by atoms with Crippen LogP contribution in [0.2, 0.25) is 0 Å². The number of non-ortho nitro benzene ring substituents is 1. The molecule has 194 valence electrons. The Morgan fingerprint density at radius 2 is 1.72 bits per heavy atom. The summed E-state index contributed by atoms with van der Waals surface area (Å²) in [5.74, 6) is -0.569. The molecule has 5 rings (SSSR count). The predicted molar refractivity (Wildman–Crippen MR) is 147 cm³/mol. The molecule has 10 heteroatoms. The van der Waals surface area contributed by atoms with Crippen LogP contribution in [-0.4, -0.2) is 34.0 Å². The van der Waals surface area contributed by atoms with E-state index in [4.69, 9.17) is 9.47 Å². The Balaban J connectivity index is 1.37. The Bertz CT molecular complexity index is 1660. The largest absolute Gasteiger partial charge is 0.493 e. The van der Waals surface area contributed by atoms with Crippen molar-refractivity contribution in [2.75, 3.05) is 7.11 Å². The zero-order valence-electron chi connectivity index (χ0n) is 20.5. The van der Waals surface area contributed by atoms with E-state index in [0.717, 1.165) is 27.4 Å². The maximum Gasteiger partial charge on any atom is 0.344 e. The first-order valence-corrected chi connectivity index (χ1v) is 12.5. The van der Waals surface area contributed by atoms with Gasteiger partial charge in [0, 0.05) is 12.1 Å². The number of thioether (sulfide) groups is 1. The maximum absolute atomic E-state index is 13.1. The quantitative estimate of drug-likeness (QED) is 0.0893. The second kappa shape index (κ2) is 10.8. The van der Waals surface area contributed by atoms with Crippen LogP contribution in [0.5, 0.6) is 11.5 Å². The van der Waals surface area contributed by atoms with Crippen LogP contribution in [0.4, 0.5) is 10.5 Å². The van der Waals surface area contributed by atoms with E-state index in [1.54, 1.807) is 30.3 Å². The van der Waals surface area contributed by atoms with Crippen LogP contribution < -0.4 is 9.47 Å². The van der Waals surface area contributed by atoms with Crippen molar-refractivity contribution in [3.63, 3.8) is 0 Å². The van der Waals surface area contributed by atoms with Crippen LogP contribution >= 0.6 is 11.8 Å². The topological polar surface area (TPSA) is 116 Å². The average molecular weight is 541 g/mol. The van der Waals surface area contributed by atoms with E-state index in [9.17, 15) is 24.5 Å². The number of methoxy groups -OCH3 is 1. The number of imide groups is 1. The minimum Gasteiger partial charge on any atom is -0.493 e. The Morgan fingerprint density at radius 3 is 2.46 bits per heavy atom. The van der Waals surface area contributed by atoms with Crippen LogP contribution in [-0.2, 0) is 11.3 Å². The molecular weight excluding hydrogens is 520 g/mol. The molecule has 1 heterocycles. The molecule has 39 heavy (non-hydrogen) atoms. The van der Waals surface area contributed by atoms with Gasteiger partial charge in [-0.3, -0.25) is 24.6 Å². The van der Waals surface area contributed by atoms with Gasteiger partial charge in [-0.2, -0.15) is 0 Å². The van der Waals surface area contributed by atoms with Gasteiger partial charge in [0.1, 0.15) is 0 Å². The zero-order valence-corrected chi connectivity index (χ0v) is 21.3. The number of amides is 2. The first kappa shape index (κ1) is 25.7. The van der Waals surface area contributed by atoms with E-state index in [1.807, 2.05) is 30.3 Å². The molecule has 0 atom stereocenters. The molecule has 1 aliphatic heterocycles. The van der Waals surface area contributed by atoms with Crippen molar-refractivity contribution in [1.29, 1.82) is 0 Å². The molecular formula is C29H20N2O7S. The lowest BCUT2D eigenvalue weighted by Gasteiger charge is -2.12. The van der Waals surface area contributed by atoms with Gasteiger partial charge in [-0.15, -0.1) is 0 Å². The summed E-state index contributed by atoms with van der Waals surface area (Å²) in [5, 5.41) is 12.1. The molecule has 0 unspecified atom stereocenters. The van der Waals surface area contributed by atoms with Crippen molar-refractivity contribution < 1.29 is 28.8 Å². The van der Waals surface area contributed by atoms with Crippen molar-refractivity contribution in [3.8, 4) is 11.5 Å². The molecule has 0 bridgehead atoms. The van der Waals surface area contributed by atoms with Gasteiger partial charge in [0.15, 0.2) is 11.5 Å². The number of esters is 1. The van der Waals surface area contributed by atoms with Crippen LogP contribution in [0.3, 0.4) is 0 Å². The summed E-state index contributed by atoms with van der Waals surface area (Å²) in [6.07, 6.45) is 1.54. The minimum atomic E-state index is -0.564. The Hall–Kier alpha value is -4.96. The highest BCUT2D eigenvalue weighted by atomic mass is 32.2. The summed E-state index contributed by atoms with van der Waals surface area (Å²) in [7, 11) is 1.45. The molecule has 9 nitrogen and oxygen atoms in total. The predicted octanol–water partition coefficient (Wildman–Crippen LogP) is 6.21. The number of fused-ring (bicyclic) bond motifs is 1. The summed E-state index contributed by atoms with van der Waals surface area (Å²) in [6.45, 7) is -0.0174. The highest BCUT2D eigenvalue weighted by Gasteiger charge is 2.35. The van der Waals surface area contributed by atoms with E-state index in [2.05, 4.69) is 0 Å². The minimum absolute atomic E-state index is 0.0174. The standard InChI is InChI=1S/C29H20N2O7S/c1-37-24-14-11-19(15-25(24)38-28(33)23-8-4-6-20-5-2-3-7-22(20)23)16-26-27(32)30(29(34)39-26)17-18-9-12-21(13-10-18)31(35)36/h2-16H,17H2,1H3/b26-16-. The molecule has 0 N–H and O–H groups in total. The molecule has 4 aromatic rings. The lowest BCUT2D eigenvalue weighted by atomic mass is 10.0. The molecule has 1 fully saturated rings. The van der Waals surface area contributed by atoms with Crippen LogP contribution in [0, 0.1) is 10.1 Å². The highest BCUT2D eigenvalue weighted by Crippen LogP contribution is 2.36. The van der Waals surface area contributed by atoms with E-state index in [1.165, 1.54) is 37.5 Å². The van der Waals surface area contributed by atoms with Gasteiger partial charge in [0.25, 0.3) is 16.8 Å². The lowest BCUT2D eigenvalue weighted by molar-refractivity contribution is -0.384. The van der Waals surface area contributed by atoms with Gasteiger partial charge in [0.2, 0.25) is 0 Å². The Morgan fingerprint density at radius 1 is 0.974 bits per heavy atom. The molecule has 0 spiro atoms. The number of rotatable bonds is 7. The van der Waals surface area contributed by atoms with Crippen molar-refractivity contribution in [2.24, 2.45) is 0 Å². The fraction of sp³-hybridized carbons (Fsp3) is 0.0690. The third-order valence-electron chi connectivity index (χ3n) is 6.06. The van der Waals surface area contributed by atoms with Gasteiger partial charge in [-0.05, 0) is 57.9 Å². The molecule has 1 aliphatic rings. The van der Waals surface area contributed by atoms with Gasteiger partial charge in [-0.25, -0.2) is 4.79 Å². The third-order valence-corrected chi connectivity index (χ3v) is 6.97. The van der Waals surface area contributed by atoms with Crippen LogP contribution in [0.15, 0.2) is 89.8 Å². The summed E-state index contributed by atoms with van der Waals surface area (Å²) in [5.41, 5.74) is 1.42. The summed E-state index contributed by atoms with van der Waals surface area (Å²) >= 11 is 0.783. The number of hydrogen-bond acceptors (Lipinski definition) is 8. The van der Waals surface area contributed by atoms with E-state index >= 15 is 0 Å². The van der Waals surface area contributed by atoms with Gasteiger partial charge >= 0.3 is 5.97 Å². The highest BCUT2D eigenvalue weighted by molar-refractivity contribution is 8.18. The lowest BCUT2D eigenvalue weighted by Crippen LogP contribution is -2.27. The fourth-order valence-electron chi connectivity index (χ4n) is 4.11. The molecule has 0 aromatic heterocycles. The number of nitrogens with zero attached hydrogens (tertiary/aromatic N) is 2. The maximum atomic E-state index is 13.1. The second-order valence-corrected chi connectivity index (χ2v) is 9.51. The number of nitro groups is 1. The number of carbonyl (C=O) groups is 3. The Labute approximate surface area is 226 Å². The molecule has 0 aliphatic carbocycles. The third kappa shape index (κ3) is 5.36. The van der Waals surface area contributed by atoms with Gasteiger partial charge in [0.05, 0.1) is 29.0 Å². The zero-order chi connectivity index (χ0) is 27.5. The summed E-state index contributed by atoms with van der Waals surface area (Å²) in [4.78, 5) is 50.3. The van der Waals surface area contributed by atoms with Crippen LogP contribution in [0.25, 0.3) is 16.8 Å². The molecule has 0 saturated carbocycles. The molecule has 2 amide bonds. The van der Waals surface area contributed by atoms with Gasteiger partial charge in [-0.1, -0.05) is 54.6 Å². The van der Waals surface area contributed by atoms with Crippen molar-refractivity contribution in [3.05, 3.63) is 117 Å². The van der Waals surface area contributed by atoms with Crippen molar-refractivity contribution in [2.45, 2.75) is 6.54 Å². The van der Waals surface area contributed by atoms with Crippen molar-refractivity contribution in [1.82, 2.24) is 4.90 Å². The van der Waals surface area contributed by atoms with E-state index in [-0.39, 0.29) is 22.9 Å². The number of nitro benzene ring substituents is 1. The molecule has 0 radical (unpaired) electrons. The van der Waals surface area contributed by atoms with E-state index < -0.39 is 22.0 Å². The Kier molecular flexibility index (Phi) is 7.11. The number of benzene rings is 4. The molecule has 1 saturated heterocycles. The van der Waals surface area contributed by atoms with Crippen molar-refractivity contribution >= 4 is 51.4 Å². The smallest absolute Gasteiger partial charge is 0.344 e. The van der Waals surface area contributed by atoms with Crippen LogP contribution in [0.1, 0.15) is 21.5 Å². The first-order chi connectivity index (χ1) is 18.8. The summed E-state index contributed by atoms with van der Waals surface area (Å²) < 4.78 is 11.1. The van der Waals surface area contributed by atoms with E-state index in [0.29, 0.717) is 22.4 Å². The fourth-order valence-corrected chi connectivity index (χ4v) is 4.95. The number of carbonyl (C=O) groups excluding carboxylic acids is 3. The second-order valence-electron chi connectivity index (χ2n) is 8.52. The number of ether oxygens (including phenoxy) is 2. The molecule has 4 aromatic carbocycles. The summed E-state index contributed by atoms with van der Waals surface area (Å²) in [6, 6.07) is 23.3. The average Bonchev–Trinajstić information content (AvgIpc) is 3.20.